The lowest BCUT2D eigenvalue weighted by Crippen LogP contribution is -2.30. The lowest BCUT2D eigenvalue weighted by Gasteiger charge is -2.21. The Hall–Kier alpha value is -1.49. The average molecular weight is 257 g/mol. The fraction of sp³-hybridized carbons (Fsp3) is 0.400. The van der Waals surface area contributed by atoms with E-state index in [0.717, 1.165) is 31.4 Å². The number of ether oxygens (including phenoxy) is 1. The van der Waals surface area contributed by atoms with Crippen LogP contribution in [0.5, 0.6) is 0 Å². The van der Waals surface area contributed by atoms with Gasteiger partial charge in [-0.1, -0.05) is 18.2 Å². The highest BCUT2D eigenvalue weighted by molar-refractivity contribution is 5.85. The van der Waals surface area contributed by atoms with Crippen molar-refractivity contribution < 1.29 is 4.74 Å². The number of hydrogen-bond donors (Lipinski definition) is 2. The molecule has 1 aliphatic rings. The first-order chi connectivity index (χ1) is 9.38. The SMILES string of the molecule is NNC(CC1CCOC1)c1cccc2cnccc12. The van der Waals surface area contributed by atoms with Crippen molar-refractivity contribution in [2.45, 2.75) is 18.9 Å². The third-order valence-electron chi connectivity index (χ3n) is 3.88. The second-order valence-electron chi connectivity index (χ2n) is 5.13. The molecule has 2 unspecified atom stereocenters. The van der Waals surface area contributed by atoms with Gasteiger partial charge in [0.05, 0.1) is 0 Å². The van der Waals surface area contributed by atoms with Crippen molar-refractivity contribution >= 4 is 10.8 Å². The van der Waals surface area contributed by atoms with Crippen molar-refractivity contribution in [3.8, 4) is 0 Å². The zero-order valence-electron chi connectivity index (χ0n) is 10.9. The molecule has 2 atom stereocenters. The molecule has 0 aliphatic carbocycles. The lowest BCUT2D eigenvalue weighted by molar-refractivity contribution is 0.181. The van der Waals surface area contributed by atoms with Gasteiger partial charge in [-0.05, 0) is 35.8 Å². The topological polar surface area (TPSA) is 60.2 Å². The van der Waals surface area contributed by atoms with Gasteiger partial charge >= 0.3 is 0 Å². The summed E-state index contributed by atoms with van der Waals surface area (Å²) in [4.78, 5) is 4.17. The van der Waals surface area contributed by atoms with Crippen LogP contribution in [0.25, 0.3) is 10.8 Å². The van der Waals surface area contributed by atoms with Crippen molar-refractivity contribution in [3.05, 3.63) is 42.2 Å². The van der Waals surface area contributed by atoms with Gasteiger partial charge in [-0.25, -0.2) is 0 Å². The largest absolute Gasteiger partial charge is 0.381 e. The van der Waals surface area contributed by atoms with Crippen molar-refractivity contribution in [3.63, 3.8) is 0 Å². The fourth-order valence-corrected chi connectivity index (χ4v) is 2.84. The smallest absolute Gasteiger partial charge is 0.0495 e. The van der Waals surface area contributed by atoms with Crippen LogP contribution in [-0.2, 0) is 4.74 Å². The van der Waals surface area contributed by atoms with E-state index in [2.05, 4.69) is 34.7 Å². The zero-order valence-corrected chi connectivity index (χ0v) is 10.9. The van der Waals surface area contributed by atoms with E-state index >= 15 is 0 Å². The van der Waals surface area contributed by atoms with Crippen LogP contribution in [0.15, 0.2) is 36.7 Å². The molecule has 1 aromatic heterocycles. The number of benzene rings is 1. The van der Waals surface area contributed by atoms with E-state index in [1.165, 1.54) is 10.9 Å². The first kappa shape index (κ1) is 12.5. The Morgan fingerprint density at radius 2 is 2.37 bits per heavy atom. The maximum Gasteiger partial charge on any atom is 0.0495 e. The van der Waals surface area contributed by atoms with E-state index < -0.39 is 0 Å². The van der Waals surface area contributed by atoms with Gasteiger partial charge in [0.25, 0.3) is 0 Å². The molecular formula is C15H19N3O. The van der Waals surface area contributed by atoms with Gasteiger partial charge in [0, 0.05) is 37.0 Å². The number of pyridine rings is 1. The first-order valence-electron chi connectivity index (χ1n) is 6.75. The molecule has 1 aromatic carbocycles. The molecule has 0 amide bonds. The molecule has 1 aliphatic heterocycles. The Labute approximate surface area is 112 Å². The molecule has 0 bridgehead atoms. The van der Waals surface area contributed by atoms with Crippen molar-refractivity contribution in [2.75, 3.05) is 13.2 Å². The summed E-state index contributed by atoms with van der Waals surface area (Å²) < 4.78 is 5.45. The summed E-state index contributed by atoms with van der Waals surface area (Å²) in [7, 11) is 0. The van der Waals surface area contributed by atoms with Crippen molar-refractivity contribution in [1.82, 2.24) is 10.4 Å². The number of hydrazine groups is 1. The summed E-state index contributed by atoms with van der Waals surface area (Å²) in [6, 6.07) is 8.51. The summed E-state index contributed by atoms with van der Waals surface area (Å²) in [6.45, 7) is 1.73. The Morgan fingerprint density at radius 3 is 3.16 bits per heavy atom. The Balaban J connectivity index is 1.91. The van der Waals surface area contributed by atoms with Crippen LogP contribution >= 0.6 is 0 Å². The minimum Gasteiger partial charge on any atom is -0.381 e. The fourth-order valence-electron chi connectivity index (χ4n) is 2.84. The van der Waals surface area contributed by atoms with Crippen molar-refractivity contribution in [2.24, 2.45) is 11.8 Å². The molecule has 1 saturated heterocycles. The van der Waals surface area contributed by atoms with Gasteiger partial charge in [0.15, 0.2) is 0 Å². The average Bonchev–Trinajstić information content (AvgIpc) is 2.97. The number of nitrogens with one attached hydrogen (secondary N) is 1. The molecule has 3 rings (SSSR count). The highest BCUT2D eigenvalue weighted by Gasteiger charge is 2.22. The third kappa shape index (κ3) is 2.61. The van der Waals surface area contributed by atoms with Gasteiger partial charge in [0.2, 0.25) is 0 Å². The Kier molecular flexibility index (Phi) is 3.73. The highest BCUT2D eigenvalue weighted by atomic mass is 16.5. The second kappa shape index (κ2) is 5.65. The van der Waals surface area contributed by atoms with Crippen LogP contribution in [0.3, 0.4) is 0 Å². The van der Waals surface area contributed by atoms with Gasteiger partial charge in [-0.15, -0.1) is 0 Å². The van der Waals surface area contributed by atoms with E-state index in [0.29, 0.717) is 5.92 Å². The van der Waals surface area contributed by atoms with Crippen LogP contribution in [0, 0.1) is 5.92 Å². The number of fused-ring (bicyclic) bond motifs is 1. The van der Waals surface area contributed by atoms with Crippen LogP contribution in [0.1, 0.15) is 24.4 Å². The van der Waals surface area contributed by atoms with E-state index in [9.17, 15) is 0 Å². The number of aromatic nitrogens is 1. The molecule has 0 spiro atoms. The normalized spacial score (nSPS) is 20.8. The predicted molar refractivity (Wildman–Crippen MR) is 75.4 cm³/mol. The van der Waals surface area contributed by atoms with Gasteiger partial charge < -0.3 is 4.74 Å². The monoisotopic (exact) mass is 257 g/mol. The van der Waals surface area contributed by atoms with Crippen LogP contribution < -0.4 is 11.3 Å². The maximum atomic E-state index is 5.77. The Bertz CT molecular complexity index is 547. The summed E-state index contributed by atoms with van der Waals surface area (Å²) in [5, 5.41) is 2.38. The molecule has 100 valence electrons. The molecule has 0 saturated carbocycles. The molecule has 3 N–H and O–H groups in total. The van der Waals surface area contributed by atoms with Gasteiger partial charge in [-0.3, -0.25) is 16.3 Å². The third-order valence-corrected chi connectivity index (χ3v) is 3.88. The summed E-state index contributed by atoms with van der Waals surface area (Å²) in [5.74, 6) is 6.36. The molecule has 19 heavy (non-hydrogen) atoms. The second-order valence-corrected chi connectivity index (χ2v) is 5.13. The molecule has 1 fully saturated rings. The highest BCUT2D eigenvalue weighted by Crippen LogP contribution is 2.30. The summed E-state index contributed by atoms with van der Waals surface area (Å²) in [6.07, 6.45) is 5.87. The molecule has 2 heterocycles. The maximum absolute atomic E-state index is 5.77. The summed E-state index contributed by atoms with van der Waals surface area (Å²) in [5.41, 5.74) is 4.21. The van der Waals surface area contributed by atoms with Crippen LogP contribution in [-0.4, -0.2) is 18.2 Å². The Morgan fingerprint density at radius 1 is 1.42 bits per heavy atom. The van der Waals surface area contributed by atoms with Crippen LogP contribution in [0.4, 0.5) is 0 Å². The minimum atomic E-state index is 0.165. The first-order valence-corrected chi connectivity index (χ1v) is 6.75. The number of nitrogens with zero attached hydrogens (tertiary/aromatic N) is 1. The zero-order chi connectivity index (χ0) is 13.1. The van der Waals surface area contributed by atoms with Gasteiger partial charge in [-0.2, -0.15) is 0 Å². The van der Waals surface area contributed by atoms with Gasteiger partial charge in [0.1, 0.15) is 0 Å². The van der Waals surface area contributed by atoms with Crippen LogP contribution in [0.2, 0.25) is 0 Å². The predicted octanol–water partition coefficient (Wildman–Crippen LogP) is 2.17. The molecule has 4 heteroatoms. The van der Waals surface area contributed by atoms with E-state index in [-0.39, 0.29) is 6.04 Å². The van der Waals surface area contributed by atoms with E-state index in [1.54, 1.807) is 0 Å². The molecular weight excluding hydrogens is 238 g/mol. The summed E-state index contributed by atoms with van der Waals surface area (Å²) >= 11 is 0. The van der Waals surface area contributed by atoms with Crippen molar-refractivity contribution in [1.29, 1.82) is 0 Å². The lowest BCUT2D eigenvalue weighted by atomic mass is 9.92. The molecule has 0 radical (unpaired) electrons. The number of hydrogen-bond acceptors (Lipinski definition) is 4. The minimum absolute atomic E-state index is 0.165. The molecule has 2 aromatic rings. The quantitative estimate of drug-likeness (QED) is 0.651. The van der Waals surface area contributed by atoms with E-state index in [4.69, 9.17) is 10.6 Å². The number of nitrogens with two attached hydrogens (primary N) is 1. The molecule has 4 nitrogen and oxygen atoms in total. The van der Waals surface area contributed by atoms with E-state index in [1.807, 2.05) is 12.4 Å². The number of rotatable bonds is 4. The standard InChI is InChI=1S/C15H19N3O/c16-18-15(8-11-5-7-19-10-11)14-3-1-2-12-9-17-6-4-13(12)14/h1-4,6,9,11,15,18H,5,7-8,10,16H2.